The third-order valence-corrected chi connectivity index (χ3v) is 3.95. The first kappa shape index (κ1) is 15.5. The first-order valence-electron chi connectivity index (χ1n) is 5.82. The van der Waals surface area contributed by atoms with Crippen molar-refractivity contribution in [2.45, 2.75) is 20.3 Å². The minimum atomic E-state index is -0.921. The molecule has 104 valence electrons. The van der Waals surface area contributed by atoms with Crippen LogP contribution in [0.4, 0.5) is 10.5 Å². The van der Waals surface area contributed by atoms with Crippen molar-refractivity contribution in [3.05, 3.63) is 27.7 Å². The van der Waals surface area contributed by atoms with Crippen molar-refractivity contribution in [1.29, 1.82) is 0 Å². The number of carboxylic acid groups (broad SMARTS) is 1. The molecule has 0 unspecified atom stereocenters. The third kappa shape index (κ3) is 4.55. The molecule has 2 amide bonds. The predicted molar refractivity (Wildman–Crippen MR) is 77.5 cm³/mol. The molecule has 0 fully saturated rings. The summed E-state index contributed by atoms with van der Waals surface area (Å²) in [4.78, 5) is 23.6. The summed E-state index contributed by atoms with van der Waals surface area (Å²) in [6.07, 6.45) is -0.0671. The van der Waals surface area contributed by atoms with Crippen LogP contribution in [0.3, 0.4) is 0 Å². The van der Waals surface area contributed by atoms with E-state index in [2.05, 4.69) is 21.2 Å². The summed E-state index contributed by atoms with van der Waals surface area (Å²) in [7, 11) is 1.57. The van der Waals surface area contributed by atoms with Gasteiger partial charge in [0.1, 0.15) is 0 Å². The summed E-state index contributed by atoms with van der Waals surface area (Å²) < 4.78 is 1.02. The number of rotatable bonds is 4. The van der Waals surface area contributed by atoms with E-state index in [0.717, 1.165) is 15.6 Å². The molecule has 1 aromatic rings. The van der Waals surface area contributed by atoms with Crippen molar-refractivity contribution in [1.82, 2.24) is 4.90 Å². The summed E-state index contributed by atoms with van der Waals surface area (Å²) in [5.74, 6) is -0.921. The van der Waals surface area contributed by atoms with Crippen molar-refractivity contribution in [3.63, 3.8) is 0 Å². The fraction of sp³-hybridized carbons (Fsp3) is 0.385. The highest BCUT2D eigenvalue weighted by Crippen LogP contribution is 2.25. The molecule has 0 aliphatic heterocycles. The monoisotopic (exact) mass is 328 g/mol. The topological polar surface area (TPSA) is 69.6 Å². The van der Waals surface area contributed by atoms with Gasteiger partial charge in [-0.1, -0.05) is 15.9 Å². The van der Waals surface area contributed by atoms with Gasteiger partial charge in [-0.3, -0.25) is 4.79 Å². The van der Waals surface area contributed by atoms with Gasteiger partial charge < -0.3 is 15.3 Å². The molecule has 0 aliphatic rings. The molecule has 0 saturated carbocycles. The standard InChI is InChI=1S/C13H17BrN2O3/c1-8-6-10(7-9(2)12(8)14)15-13(19)16(3)5-4-11(17)18/h6-7H,4-5H2,1-3H3,(H,15,19)(H,17,18). The van der Waals surface area contributed by atoms with E-state index in [1.807, 2.05) is 26.0 Å². The lowest BCUT2D eigenvalue weighted by Crippen LogP contribution is -2.33. The average molecular weight is 329 g/mol. The smallest absolute Gasteiger partial charge is 0.321 e. The van der Waals surface area contributed by atoms with E-state index < -0.39 is 5.97 Å². The largest absolute Gasteiger partial charge is 0.481 e. The first-order valence-corrected chi connectivity index (χ1v) is 6.61. The molecule has 19 heavy (non-hydrogen) atoms. The van der Waals surface area contributed by atoms with E-state index in [1.54, 1.807) is 7.05 Å². The maximum absolute atomic E-state index is 11.8. The number of nitrogens with zero attached hydrogens (tertiary/aromatic N) is 1. The van der Waals surface area contributed by atoms with Crippen LogP contribution in [0.15, 0.2) is 16.6 Å². The van der Waals surface area contributed by atoms with Gasteiger partial charge in [0.25, 0.3) is 0 Å². The molecule has 1 rings (SSSR count). The van der Waals surface area contributed by atoms with Gasteiger partial charge in [-0.05, 0) is 37.1 Å². The highest BCUT2D eigenvalue weighted by molar-refractivity contribution is 9.10. The van der Waals surface area contributed by atoms with Crippen LogP contribution in [-0.4, -0.2) is 35.6 Å². The molecule has 5 nitrogen and oxygen atoms in total. The van der Waals surface area contributed by atoms with Crippen molar-refractivity contribution in [2.75, 3.05) is 18.9 Å². The zero-order chi connectivity index (χ0) is 14.6. The van der Waals surface area contributed by atoms with Gasteiger partial charge in [0.15, 0.2) is 0 Å². The Morgan fingerprint density at radius 3 is 2.32 bits per heavy atom. The maximum atomic E-state index is 11.8. The molecule has 0 aliphatic carbocycles. The van der Waals surface area contributed by atoms with Gasteiger partial charge in [-0.2, -0.15) is 0 Å². The molecule has 1 aromatic carbocycles. The number of halogens is 1. The lowest BCUT2D eigenvalue weighted by Gasteiger charge is -2.17. The van der Waals surface area contributed by atoms with Crippen molar-refractivity contribution < 1.29 is 14.7 Å². The van der Waals surface area contributed by atoms with Gasteiger partial charge >= 0.3 is 12.0 Å². The molecule has 0 radical (unpaired) electrons. The Morgan fingerprint density at radius 2 is 1.84 bits per heavy atom. The minimum Gasteiger partial charge on any atom is -0.481 e. The van der Waals surface area contributed by atoms with E-state index in [1.165, 1.54) is 4.90 Å². The zero-order valence-electron chi connectivity index (χ0n) is 11.2. The van der Waals surface area contributed by atoms with Gasteiger partial charge in [0.2, 0.25) is 0 Å². The van der Waals surface area contributed by atoms with E-state index in [9.17, 15) is 9.59 Å². The lowest BCUT2D eigenvalue weighted by atomic mass is 10.1. The third-order valence-electron chi connectivity index (χ3n) is 2.70. The Bertz CT molecular complexity index is 480. The van der Waals surface area contributed by atoms with Crippen LogP contribution in [0.5, 0.6) is 0 Å². The quantitative estimate of drug-likeness (QED) is 0.892. The predicted octanol–water partition coefficient (Wildman–Crippen LogP) is 3.00. The number of amides is 2. The fourth-order valence-electron chi connectivity index (χ4n) is 1.60. The molecule has 0 saturated heterocycles. The van der Waals surface area contributed by atoms with Crippen molar-refractivity contribution in [3.8, 4) is 0 Å². The number of benzene rings is 1. The molecule has 0 bridgehead atoms. The fourth-order valence-corrected chi connectivity index (χ4v) is 1.83. The molecule has 6 heteroatoms. The molecule has 0 aromatic heterocycles. The van der Waals surface area contributed by atoms with E-state index >= 15 is 0 Å². The normalized spacial score (nSPS) is 10.1. The molecule has 0 heterocycles. The minimum absolute atomic E-state index is 0.0671. The van der Waals surface area contributed by atoms with Gasteiger partial charge in [0.05, 0.1) is 6.42 Å². The Hall–Kier alpha value is -1.56. The molecular formula is C13H17BrN2O3. The number of anilines is 1. The van der Waals surface area contributed by atoms with Crippen LogP contribution in [0.1, 0.15) is 17.5 Å². The molecule has 0 spiro atoms. The van der Waals surface area contributed by atoms with Gasteiger partial charge in [-0.15, -0.1) is 0 Å². The second-order valence-electron chi connectivity index (χ2n) is 4.42. The number of hydrogen-bond donors (Lipinski definition) is 2. The number of aryl methyl sites for hydroxylation is 2. The zero-order valence-corrected chi connectivity index (χ0v) is 12.7. The number of carbonyl (C=O) groups excluding carboxylic acids is 1. The van der Waals surface area contributed by atoms with Crippen molar-refractivity contribution in [2.24, 2.45) is 0 Å². The number of carboxylic acids is 1. The summed E-state index contributed by atoms with van der Waals surface area (Å²) in [5.41, 5.74) is 2.76. The Morgan fingerprint density at radius 1 is 1.32 bits per heavy atom. The van der Waals surface area contributed by atoms with Crippen LogP contribution >= 0.6 is 15.9 Å². The number of carbonyl (C=O) groups is 2. The number of aliphatic carboxylic acids is 1. The number of urea groups is 1. The summed E-state index contributed by atoms with van der Waals surface area (Å²) in [6.45, 7) is 4.07. The van der Waals surface area contributed by atoms with E-state index in [0.29, 0.717) is 5.69 Å². The summed E-state index contributed by atoms with van der Waals surface area (Å²) >= 11 is 3.46. The van der Waals surface area contributed by atoms with Crippen LogP contribution in [0.25, 0.3) is 0 Å². The molecular weight excluding hydrogens is 312 g/mol. The molecule has 0 atom stereocenters. The summed E-state index contributed by atoms with van der Waals surface area (Å²) in [5, 5.41) is 11.3. The number of hydrogen-bond acceptors (Lipinski definition) is 2. The van der Waals surface area contributed by atoms with Crippen LogP contribution in [-0.2, 0) is 4.79 Å². The second kappa shape index (κ2) is 6.56. The van der Waals surface area contributed by atoms with Crippen LogP contribution < -0.4 is 5.32 Å². The van der Waals surface area contributed by atoms with Gasteiger partial charge in [0, 0.05) is 23.8 Å². The van der Waals surface area contributed by atoms with Crippen LogP contribution in [0.2, 0.25) is 0 Å². The maximum Gasteiger partial charge on any atom is 0.321 e. The lowest BCUT2D eigenvalue weighted by molar-refractivity contribution is -0.137. The highest BCUT2D eigenvalue weighted by Gasteiger charge is 2.11. The Balaban J connectivity index is 2.69. The Kier molecular flexibility index (Phi) is 5.35. The average Bonchev–Trinajstić information content (AvgIpc) is 2.32. The SMILES string of the molecule is Cc1cc(NC(=O)N(C)CCC(=O)O)cc(C)c1Br. The second-order valence-corrected chi connectivity index (χ2v) is 5.21. The molecule has 2 N–H and O–H groups in total. The first-order chi connectivity index (χ1) is 8.81. The van der Waals surface area contributed by atoms with Gasteiger partial charge in [-0.25, -0.2) is 4.79 Å². The van der Waals surface area contributed by atoms with Crippen LogP contribution in [0, 0.1) is 13.8 Å². The van der Waals surface area contributed by atoms with Crippen molar-refractivity contribution >= 4 is 33.6 Å². The Labute approximate surface area is 120 Å². The summed E-state index contributed by atoms with van der Waals surface area (Å²) in [6, 6.07) is 3.41. The van der Waals surface area contributed by atoms with E-state index in [-0.39, 0.29) is 19.0 Å². The van der Waals surface area contributed by atoms with E-state index in [4.69, 9.17) is 5.11 Å². The number of nitrogens with one attached hydrogen (secondary N) is 1. The highest BCUT2D eigenvalue weighted by atomic mass is 79.9.